The number of benzene rings is 2. The van der Waals surface area contributed by atoms with Crippen molar-refractivity contribution in [1.29, 1.82) is 0 Å². The van der Waals surface area contributed by atoms with Gasteiger partial charge in [0.2, 0.25) is 11.8 Å². The van der Waals surface area contributed by atoms with Gasteiger partial charge in [0, 0.05) is 10.7 Å². The van der Waals surface area contributed by atoms with Crippen molar-refractivity contribution in [2.24, 2.45) is 0 Å². The number of hydrogen-bond acceptors (Lipinski definition) is 5. The number of aryl methyl sites for hydroxylation is 1. The van der Waals surface area contributed by atoms with Crippen LogP contribution in [0.4, 0.5) is 5.69 Å². The number of carbonyl (C=O) groups excluding carboxylic acids is 3. The molecule has 0 saturated heterocycles. The lowest BCUT2D eigenvalue weighted by atomic mass is 10.0. The molecular formula is C27H24ClN3O4S. The number of halogens is 1. The number of carbonyl (C=O) groups is 3. The molecule has 2 N–H and O–H groups in total. The molecule has 9 heteroatoms. The lowest BCUT2D eigenvalue weighted by Gasteiger charge is -2.31. The van der Waals surface area contributed by atoms with E-state index in [0.717, 1.165) is 5.56 Å². The summed E-state index contributed by atoms with van der Waals surface area (Å²) in [4.78, 5) is 41.5. The Bertz CT molecular complexity index is 1320. The van der Waals surface area contributed by atoms with Crippen LogP contribution >= 0.6 is 22.9 Å². The Hall–Kier alpha value is -3.88. The molecular weight excluding hydrogens is 498 g/mol. The Labute approximate surface area is 217 Å². The van der Waals surface area contributed by atoms with E-state index in [9.17, 15) is 14.4 Å². The van der Waals surface area contributed by atoms with Crippen molar-refractivity contribution >= 4 is 46.3 Å². The molecule has 0 unspecified atom stereocenters. The quantitative estimate of drug-likeness (QED) is 0.319. The van der Waals surface area contributed by atoms with Gasteiger partial charge in [-0.1, -0.05) is 53.6 Å². The Kier molecular flexibility index (Phi) is 8.20. The van der Waals surface area contributed by atoms with E-state index in [2.05, 4.69) is 10.6 Å². The number of hydrogen-bond donors (Lipinski definition) is 2. The van der Waals surface area contributed by atoms with Crippen molar-refractivity contribution in [3.63, 3.8) is 0 Å². The summed E-state index contributed by atoms with van der Waals surface area (Å²) >= 11 is 7.53. The molecule has 0 bridgehead atoms. The third kappa shape index (κ3) is 6.21. The first-order valence-electron chi connectivity index (χ1n) is 11.2. The average molecular weight is 522 g/mol. The Morgan fingerprint density at radius 2 is 1.81 bits per heavy atom. The van der Waals surface area contributed by atoms with Gasteiger partial charge in [-0.25, -0.2) is 0 Å². The zero-order chi connectivity index (χ0) is 25.5. The molecule has 7 nitrogen and oxygen atoms in total. The molecule has 0 aliphatic rings. The van der Waals surface area contributed by atoms with Crippen molar-refractivity contribution in [3.8, 4) is 0 Å². The Morgan fingerprint density at radius 1 is 1.00 bits per heavy atom. The van der Waals surface area contributed by atoms with Gasteiger partial charge in [-0.3, -0.25) is 19.3 Å². The minimum Gasteiger partial charge on any atom is -0.467 e. The Morgan fingerprint density at radius 3 is 2.47 bits per heavy atom. The van der Waals surface area contributed by atoms with Crippen molar-refractivity contribution in [3.05, 3.63) is 111 Å². The Balaban J connectivity index is 1.67. The minimum atomic E-state index is -1.02. The molecule has 4 rings (SSSR count). The van der Waals surface area contributed by atoms with E-state index in [-0.39, 0.29) is 19.0 Å². The second kappa shape index (κ2) is 11.7. The van der Waals surface area contributed by atoms with E-state index in [4.69, 9.17) is 16.0 Å². The molecule has 0 aliphatic heterocycles. The molecule has 3 amide bonds. The second-order valence-corrected chi connectivity index (χ2v) is 9.40. The molecule has 2 heterocycles. The van der Waals surface area contributed by atoms with Gasteiger partial charge < -0.3 is 15.1 Å². The molecule has 4 aromatic rings. The van der Waals surface area contributed by atoms with E-state index in [1.54, 1.807) is 53.9 Å². The number of thiophene rings is 1. The first-order chi connectivity index (χ1) is 17.4. The van der Waals surface area contributed by atoms with Gasteiger partial charge in [0.05, 0.1) is 24.2 Å². The van der Waals surface area contributed by atoms with Crippen LogP contribution in [0.1, 0.15) is 32.6 Å². The van der Waals surface area contributed by atoms with Gasteiger partial charge in [-0.15, -0.1) is 11.3 Å². The fraction of sp³-hybridized carbons (Fsp3) is 0.148. The lowest BCUT2D eigenvalue weighted by molar-refractivity contribution is -0.126. The SMILES string of the molecule is Cc1ccc([C@H](C(=O)NCc2ccco2)N(C(=O)CNC(=O)c2cccs2)c2cccc(Cl)c2)cc1. The maximum Gasteiger partial charge on any atom is 0.261 e. The average Bonchev–Trinajstić information content (AvgIpc) is 3.60. The fourth-order valence-electron chi connectivity index (χ4n) is 3.65. The van der Waals surface area contributed by atoms with E-state index >= 15 is 0 Å². The highest BCUT2D eigenvalue weighted by atomic mass is 35.5. The minimum absolute atomic E-state index is 0.154. The zero-order valence-electron chi connectivity index (χ0n) is 19.4. The standard InChI is InChI=1S/C27H24ClN3O4S/c1-18-9-11-19(12-10-18)25(27(34)29-16-22-7-3-13-35-22)31(21-6-2-5-20(28)15-21)24(32)17-30-26(33)23-8-4-14-36-23/h2-15,25H,16-17H2,1H3,(H,29,34)(H,30,33)/t25-/m1/s1. The number of furan rings is 1. The summed E-state index contributed by atoms with van der Waals surface area (Å²) in [6, 6.07) is 20.0. The molecule has 2 aromatic heterocycles. The molecule has 1 atom stereocenters. The molecule has 2 aromatic carbocycles. The van der Waals surface area contributed by atoms with Crippen molar-refractivity contribution in [2.75, 3.05) is 11.4 Å². The summed E-state index contributed by atoms with van der Waals surface area (Å²) in [6.07, 6.45) is 1.52. The van der Waals surface area contributed by atoms with Crippen molar-refractivity contribution in [1.82, 2.24) is 10.6 Å². The largest absolute Gasteiger partial charge is 0.467 e. The van der Waals surface area contributed by atoms with Gasteiger partial charge >= 0.3 is 0 Å². The molecule has 0 spiro atoms. The smallest absolute Gasteiger partial charge is 0.261 e. The summed E-state index contributed by atoms with van der Waals surface area (Å²) in [5.74, 6) is -0.664. The van der Waals surface area contributed by atoms with Crippen LogP contribution in [-0.4, -0.2) is 24.3 Å². The highest BCUT2D eigenvalue weighted by molar-refractivity contribution is 7.12. The van der Waals surface area contributed by atoms with E-state index < -0.39 is 17.9 Å². The van der Waals surface area contributed by atoms with Crippen LogP contribution < -0.4 is 15.5 Å². The van der Waals surface area contributed by atoms with Gasteiger partial charge in [-0.2, -0.15) is 0 Å². The predicted octanol–water partition coefficient (Wildman–Crippen LogP) is 5.12. The van der Waals surface area contributed by atoms with Crippen LogP contribution in [0.25, 0.3) is 0 Å². The lowest BCUT2D eigenvalue weighted by Crippen LogP contribution is -2.47. The van der Waals surface area contributed by atoms with E-state index in [1.165, 1.54) is 22.5 Å². The first-order valence-corrected chi connectivity index (χ1v) is 12.4. The second-order valence-electron chi connectivity index (χ2n) is 8.01. The summed E-state index contributed by atoms with van der Waals surface area (Å²) in [5, 5.41) is 7.71. The fourth-order valence-corrected chi connectivity index (χ4v) is 4.47. The third-order valence-electron chi connectivity index (χ3n) is 5.42. The molecule has 184 valence electrons. The number of rotatable bonds is 9. The maximum absolute atomic E-state index is 13.6. The summed E-state index contributed by atoms with van der Waals surface area (Å²) < 4.78 is 5.33. The summed E-state index contributed by atoms with van der Waals surface area (Å²) in [7, 11) is 0. The van der Waals surface area contributed by atoms with Crippen LogP contribution in [-0.2, 0) is 16.1 Å². The number of nitrogens with one attached hydrogen (secondary N) is 2. The van der Waals surface area contributed by atoms with Crippen molar-refractivity contribution < 1.29 is 18.8 Å². The number of nitrogens with zero attached hydrogens (tertiary/aromatic N) is 1. The molecule has 36 heavy (non-hydrogen) atoms. The maximum atomic E-state index is 13.6. The van der Waals surface area contributed by atoms with Crippen LogP contribution in [0.3, 0.4) is 0 Å². The van der Waals surface area contributed by atoms with E-state index in [0.29, 0.717) is 26.9 Å². The monoisotopic (exact) mass is 521 g/mol. The topological polar surface area (TPSA) is 91.7 Å². The van der Waals surface area contributed by atoms with Crippen LogP contribution in [0.2, 0.25) is 5.02 Å². The van der Waals surface area contributed by atoms with Gasteiger partial charge in [0.15, 0.2) is 0 Å². The predicted molar refractivity (Wildman–Crippen MR) is 140 cm³/mol. The van der Waals surface area contributed by atoms with Crippen LogP contribution in [0.15, 0.2) is 88.9 Å². The van der Waals surface area contributed by atoms with Crippen LogP contribution in [0.5, 0.6) is 0 Å². The van der Waals surface area contributed by atoms with Gasteiger partial charge in [0.1, 0.15) is 11.8 Å². The van der Waals surface area contributed by atoms with Gasteiger partial charge in [-0.05, 0) is 54.3 Å². The molecule has 0 radical (unpaired) electrons. The number of amides is 3. The summed E-state index contributed by atoms with van der Waals surface area (Å²) in [5.41, 5.74) is 2.05. The molecule has 0 fully saturated rings. The molecule has 0 aliphatic carbocycles. The van der Waals surface area contributed by atoms with E-state index in [1.807, 2.05) is 31.2 Å². The highest BCUT2D eigenvalue weighted by Crippen LogP contribution is 2.30. The highest BCUT2D eigenvalue weighted by Gasteiger charge is 2.33. The third-order valence-corrected chi connectivity index (χ3v) is 6.52. The van der Waals surface area contributed by atoms with Crippen LogP contribution in [0, 0.1) is 6.92 Å². The normalized spacial score (nSPS) is 11.5. The first kappa shape index (κ1) is 25.2. The molecule has 0 saturated carbocycles. The van der Waals surface area contributed by atoms with Crippen molar-refractivity contribution in [2.45, 2.75) is 19.5 Å². The van der Waals surface area contributed by atoms with Gasteiger partial charge in [0.25, 0.3) is 5.91 Å². The summed E-state index contributed by atoms with van der Waals surface area (Å²) in [6.45, 7) is 1.79. The zero-order valence-corrected chi connectivity index (χ0v) is 21.0. The number of anilines is 1.